The van der Waals surface area contributed by atoms with Gasteiger partial charge in [-0.25, -0.2) is 5.10 Å². The molecule has 0 aliphatic carbocycles. The van der Waals surface area contributed by atoms with Gasteiger partial charge in [-0.1, -0.05) is 0 Å². The molecule has 0 aliphatic heterocycles. The van der Waals surface area contributed by atoms with Gasteiger partial charge in [0.05, 0.1) is 11.9 Å². The van der Waals surface area contributed by atoms with Crippen LogP contribution in [0.25, 0.3) is 0 Å². The first-order valence-corrected chi connectivity index (χ1v) is 3.80. The molecule has 4 nitrogen and oxygen atoms in total. The number of anilines is 1. The monoisotopic (exact) mass is 167 g/mol. The van der Waals surface area contributed by atoms with E-state index in [0.717, 1.165) is 5.69 Å². The highest BCUT2D eigenvalue weighted by atomic mass is 16.1. The molecule has 0 aliphatic rings. The first-order valence-electron chi connectivity index (χ1n) is 3.80. The summed E-state index contributed by atoms with van der Waals surface area (Å²) in [6.07, 6.45) is 1.59. The fraction of sp³-hybridized carbons (Fsp3) is 0.500. The lowest BCUT2D eigenvalue weighted by Gasteiger charge is -2.21. The van der Waals surface area contributed by atoms with Crippen molar-refractivity contribution in [2.75, 3.05) is 5.32 Å². The molecular formula is C8H13N3O. The second-order valence-electron chi connectivity index (χ2n) is 3.71. The molecular weight excluding hydrogens is 154 g/mol. The first-order chi connectivity index (χ1) is 5.47. The van der Waals surface area contributed by atoms with E-state index in [1.165, 1.54) is 6.07 Å². The van der Waals surface area contributed by atoms with Gasteiger partial charge in [0.15, 0.2) is 0 Å². The smallest absolute Gasteiger partial charge is 0.266 e. The van der Waals surface area contributed by atoms with Gasteiger partial charge in [-0.2, -0.15) is 5.10 Å². The quantitative estimate of drug-likeness (QED) is 0.655. The number of H-pyrrole nitrogens is 1. The van der Waals surface area contributed by atoms with Crippen LogP contribution in [-0.2, 0) is 0 Å². The standard InChI is InChI=1S/C8H13N3O/c1-8(2,3)10-6-4-7(12)11-9-5-6/h4-5H,1-3H3,(H2,10,11,12). The summed E-state index contributed by atoms with van der Waals surface area (Å²) >= 11 is 0. The fourth-order valence-corrected chi connectivity index (χ4v) is 0.878. The van der Waals surface area contributed by atoms with E-state index < -0.39 is 0 Å². The van der Waals surface area contributed by atoms with Gasteiger partial charge in [-0.05, 0) is 20.8 Å². The van der Waals surface area contributed by atoms with E-state index in [1.54, 1.807) is 6.20 Å². The van der Waals surface area contributed by atoms with E-state index in [1.807, 2.05) is 20.8 Å². The summed E-state index contributed by atoms with van der Waals surface area (Å²) in [5.74, 6) is 0. The van der Waals surface area contributed by atoms with Gasteiger partial charge in [0, 0.05) is 11.6 Å². The van der Waals surface area contributed by atoms with Crippen LogP contribution in [0.15, 0.2) is 17.1 Å². The molecule has 12 heavy (non-hydrogen) atoms. The van der Waals surface area contributed by atoms with Crippen LogP contribution in [0.1, 0.15) is 20.8 Å². The summed E-state index contributed by atoms with van der Waals surface area (Å²) in [7, 11) is 0. The van der Waals surface area contributed by atoms with Crippen molar-refractivity contribution in [3.05, 3.63) is 22.6 Å². The van der Waals surface area contributed by atoms with E-state index in [9.17, 15) is 4.79 Å². The second kappa shape index (κ2) is 2.97. The zero-order chi connectivity index (χ0) is 9.19. The zero-order valence-corrected chi connectivity index (χ0v) is 7.51. The van der Waals surface area contributed by atoms with Crippen molar-refractivity contribution in [3.8, 4) is 0 Å². The average molecular weight is 167 g/mol. The molecule has 0 saturated heterocycles. The minimum Gasteiger partial charge on any atom is -0.379 e. The van der Waals surface area contributed by atoms with Gasteiger partial charge in [-0.3, -0.25) is 4.79 Å². The third-order valence-corrected chi connectivity index (χ3v) is 1.18. The Labute approximate surface area is 71.0 Å². The summed E-state index contributed by atoms with van der Waals surface area (Å²) in [6, 6.07) is 1.48. The highest BCUT2D eigenvalue weighted by Crippen LogP contribution is 2.09. The maximum absolute atomic E-state index is 10.8. The topological polar surface area (TPSA) is 57.8 Å². The Morgan fingerprint density at radius 1 is 1.50 bits per heavy atom. The minimum atomic E-state index is -0.191. The van der Waals surface area contributed by atoms with Gasteiger partial charge in [-0.15, -0.1) is 0 Å². The lowest BCUT2D eigenvalue weighted by molar-refractivity contribution is 0.633. The lowest BCUT2D eigenvalue weighted by atomic mass is 10.1. The van der Waals surface area contributed by atoms with Crippen LogP contribution >= 0.6 is 0 Å². The molecule has 0 radical (unpaired) electrons. The van der Waals surface area contributed by atoms with Crippen molar-refractivity contribution in [1.82, 2.24) is 10.2 Å². The Morgan fingerprint density at radius 3 is 2.67 bits per heavy atom. The maximum atomic E-state index is 10.8. The number of aromatic nitrogens is 2. The zero-order valence-electron chi connectivity index (χ0n) is 7.51. The molecule has 0 bridgehead atoms. The summed E-state index contributed by atoms with van der Waals surface area (Å²) in [5.41, 5.74) is 0.505. The Hall–Kier alpha value is -1.32. The number of rotatable bonds is 1. The fourth-order valence-electron chi connectivity index (χ4n) is 0.878. The van der Waals surface area contributed by atoms with Crippen LogP contribution in [0.3, 0.4) is 0 Å². The SMILES string of the molecule is CC(C)(C)Nc1cn[nH]c(=O)c1. The molecule has 1 aromatic rings. The van der Waals surface area contributed by atoms with Crippen molar-refractivity contribution >= 4 is 5.69 Å². The molecule has 0 fully saturated rings. The van der Waals surface area contributed by atoms with Gasteiger partial charge in [0.2, 0.25) is 0 Å². The molecule has 1 rings (SSSR count). The highest BCUT2D eigenvalue weighted by Gasteiger charge is 2.08. The molecule has 0 spiro atoms. The Bertz CT molecular complexity index is 311. The summed E-state index contributed by atoms with van der Waals surface area (Å²) in [5, 5.41) is 9.12. The van der Waals surface area contributed by atoms with Crippen LogP contribution in [-0.4, -0.2) is 15.7 Å². The Kier molecular flexibility index (Phi) is 2.17. The second-order valence-corrected chi connectivity index (χ2v) is 3.71. The normalized spacial score (nSPS) is 11.2. The molecule has 0 atom stereocenters. The highest BCUT2D eigenvalue weighted by molar-refractivity contribution is 5.40. The van der Waals surface area contributed by atoms with E-state index in [-0.39, 0.29) is 11.1 Å². The molecule has 0 unspecified atom stereocenters. The largest absolute Gasteiger partial charge is 0.379 e. The third kappa shape index (κ3) is 2.74. The molecule has 1 heterocycles. The molecule has 0 amide bonds. The average Bonchev–Trinajstić information content (AvgIpc) is 1.82. The summed E-state index contributed by atoms with van der Waals surface area (Å²) in [4.78, 5) is 10.8. The summed E-state index contributed by atoms with van der Waals surface area (Å²) in [6.45, 7) is 6.07. The molecule has 2 N–H and O–H groups in total. The van der Waals surface area contributed by atoms with Gasteiger partial charge >= 0.3 is 0 Å². The third-order valence-electron chi connectivity index (χ3n) is 1.18. The molecule has 4 heteroatoms. The first kappa shape index (κ1) is 8.77. The van der Waals surface area contributed by atoms with E-state index in [0.29, 0.717) is 0 Å². The van der Waals surface area contributed by atoms with Crippen molar-refractivity contribution in [2.45, 2.75) is 26.3 Å². The molecule has 1 aromatic heterocycles. The van der Waals surface area contributed by atoms with Gasteiger partial charge in [0.1, 0.15) is 0 Å². The van der Waals surface area contributed by atoms with Crippen molar-refractivity contribution in [1.29, 1.82) is 0 Å². The van der Waals surface area contributed by atoms with Crippen LogP contribution in [0.2, 0.25) is 0 Å². The predicted molar refractivity (Wildman–Crippen MR) is 48.2 cm³/mol. The molecule has 0 aromatic carbocycles. The molecule has 66 valence electrons. The van der Waals surface area contributed by atoms with Crippen molar-refractivity contribution in [3.63, 3.8) is 0 Å². The van der Waals surface area contributed by atoms with Gasteiger partial charge in [0.25, 0.3) is 5.56 Å². The minimum absolute atomic E-state index is 0.0462. The predicted octanol–water partition coefficient (Wildman–Crippen LogP) is 0.980. The van der Waals surface area contributed by atoms with Crippen LogP contribution in [0.4, 0.5) is 5.69 Å². The van der Waals surface area contributed by atoms with E-state index in [2.05, 4.69) is 15.5 Å². The number of aromatic amines is 1. The Morgan fingerprint density at radius 2 is 2.17 bits per heavy atom. The van der Waals surface area contributed by atoms with Crippen LogP contribution < -0.4 is 10.9 Å². The van der Waals surface area contributed by atoms with Gasteiger partial charge < -0.3 is 5.32 Å². The van der Waals surface area contributed by atoms with Crippen LogP contribution in [0.5, 0.6) is 0 Å². The number of nitrogens with one attached hydrogen (secondary N) is 2. The lowest BCUT2D eigenvalue weighted by Crippen LogP contribution is -2.27. The van der Waals surface area contributed by atoms with Crippen molar-refractivity contribution < 1.29 is 0 Å². The van der Waals surface area contributed by atoms with E-state index in [4.69, 9.17) is 0 Å². The molecule has 0 saturated carbocycles. The maximum Gasteiger partial charge on any atom is 0.266 e. The number of hydrogen-bond donors (Lipinski definition) is 2. The number of nitrogens with zero attached hydrogens (tertiary/aromatic N) is 1. The summed E-state index contributed by atoms with van der Waals surface area (Å²) < 4.78 is 0. The number of hydrogen-bond acceptors (Lipinski definition) is 3. The van der Waals surface area contributed by atoms with E-state index >= 15 is 0 Å². The van der Waals surface area contributed by atoms with Crippen molar-refractivity contribution in [2.24, 2.45) is 0 Å². The van der Waals surface area contributed by atoms with Crippen LogP contribution in [0, 0.1) is 0 Å². The Balaban J connectivity index is 2.84.